The van der Waals surface area contributed by atoms with Gasteiger partial charge in [-0.3, -0.25) is 4.79 Å². The van der Waals surface area contributed by atoms with Crippen LogP contribution in [0, 0.1) is 5.92 Å². The quantitative estimate of drug-likeness (QED) is 0.875. The lowest BCUT2D eigenvalue weighted by atomic mass is 9.79. The monoisotopic (exact) mass is 366 g/mol. The van der Waals surface area contributed by atoms with Crippen molar-refractivity contribution in [2.45, 2.75) is 31.7 Å². The summed E-state index contributed by atoms with van der Waals surface area (Å²) >= 11 is 0. The minimum absolute atomic E-state index is 0.0693. The lowest BCUT2D eigenvalue weighted by Gasteiger charge is -2.38. The Morgan fingerprint density at radius 1 is 1.11 bits per heavy atom. The summed E-state index contributed by atoms with van der Waals surface area (Å²) in [6.07, 6.45) is 0.994. The van der Waals surface area contributed by atoms with E-state index in [-0.39, 0.29) is 17.7 Å². The Morgan fingerprint density at radius 2 is 1.78 bits per heavy atom. The first-order valence-corrected chi connectivity index (χ1v) is 9.61. The highest BCUT2D eigenvalue weighted by Gasteiger charge is 2.37. The molecule has 2 aromatic carbocycles. The predicted molar refractivity (Wildman–Crippen MR) is 109 cm³/mol. The van der Waals surface area contributed by atoms with Crippen LogP contribution >= 0.6 is 0 Å². The van der Waals surface area contributed by atoms with Crippen LogP contribution in [0.15, 0.2) is 54.6 Å². The van der Waals surface area contributed by atoms with Gasteiger partial charge in [0.25, 0.3) is 0 Å². The van der Waals surface area contributed by atoms with Crippen molar-refractivity contribution in [2.75, 3.05) is 27.2 Å². The van der Waals surface area contributed by atoms with Gasteiger partial charge in [-0.2, -0.15) is 0 Å². The zero-order chi connectivity index (χ0) is 19.4. The lowest BCUT2D eigenvalue weighted by Crippen LogP contribution is -2.50. The molecule has 1 fully saturated rings. The van der Waals surface area contributed by atoms with E-state index in [1.54, 1.807) is 7.11 Å². The van der Waals surface area contributed by atoms with E-state index in [0.29, 0.717) is 0 Å². The molecule has 3 rings (SSSR count). The molecule has 1 saturated heterocycles. The number of likely N-dealkylation sites (tertiary alicyclic amines) is 1. The highest BCUT2D eigenvalue weighted by Crippen LogP contribution is 2.35. The molecule has 144 valence electrons. The van der Waals surface area contributed by atoms with Crippen molar-refractivity contribution in [3.05, 3.63) is 65.7 Å². The molecule has 0 aromatic heterocycles. The number of hydrogen-bond acceptors (Lipinski definition) is 3. The number of para-hydroxylation sites is 1. The van der Waals surface area contributed by atoms with Crippen LogP contribution in [-0.4, -0.2) is 38.1 Å². The van der Waals surface area contributed by atoms with Crippen molar-refractivity contribution in [1.29, 1.82) is 0 Å². The van der Waals surface area contributed by atoms with Crippen molar-refractivity contribution in [2.24, 2.45) is 5.92 Å². The van der Waals surface area contributed by atoms with Gasteiger partial charge in [-0.05, 0) is 51.4 Å². The molecule has 0 spiro atoms. The van der Waals surface area contributed by atoms with Gasteiger partial charge in [-0.25, -0.2) is 0 Å². The lowest BCUT2D eigenvalue weighted by molar-refractivity contribution is -0.129. The fraction of sp³-hybridized carbons (Fsp3) is 0.435. The number of rotatable bonds is 5. The van der Waals surface area contributed by atoms with Crippen LogP contribution in [0.25, 0.3) is 0 Å². The van der Waals surface area contributed by atoms with Gasteiger partial charge in [0, 0.05) is 12.1 Å². The van der Waals surface area contributed by atoms with E-state index in [0.717, 1.165) is 30.8 Å². The van der Waals surface area contributed by atoms with Crippen molar-refractivity contribution >= 4 is 5.91 Å². The highest BCUT2D eigenvalue weighted by atomic mass is 16.5. The molecule has 27 heavy (non-hydrogen) atoms. The number of carbonyl (C=O) groups excluding carboxylic acids is 1. The number of hydrogen-bond donors (Lipinski definition) is 1. The third-order valence-electron chi connectivity index (χ3n) is 5.60. The Hall–Kier alpha value is -2.33. The summed E-state index contributed by atoms with van der Waals surface area (Å²) in [6, 6.07) is 18.3. The molecule has 1 heterocycles. The summed E-state index contributed by atoms with van der Waals surface area (Å²) in [5.41, 5.74) is 1.73. The molecule has 0 unspecified atom stereocenters. The van der Waals surface area contributed by atoms with Crippen molar-refractivity contribution in [3.8, 4) is 5.75 Å². The Kier molecular flexibility index (Phi) is 5.85. The van der Waals surface area contributed by atoms with E-state index in [9.17, 15) is 4.79 Å². The van der Waals surface area contributed by atoms with Gasteiger partial charge in [0.2, 0.25) is 5.91 Å². The molecule has 2 aromatic rings. The molecule has 0 saturated carbocycles. The van der Waals surface area contributed by atoms with Crippen LogP contribution in [0.1, 0.15) is 37.3 Å². The largest absolute Gasteiger partial charge is 0.496 e. The number of piperidine rings is 1. The molecular weight excluding hydrogens is 336 g/mol. The summed E-state index contributed by atoms with van der Waals surface area (Å²) in [5, 5.41) is 3.29. The summed E-state index contributed by atoms with van der Waals surface area (Å²) in [5.74, 6) is 1.07. The van der Waals surface area contributed by atoms with E-state index in [1.807, 2.05) is 44.2 Å². The van der Waals surface area contributed by atoms with Gasteiger partial charge in [-0.15, -0.1) is 0 Å². The third kappa shape index (κ3) is 4.33. The zero-order valence-corrected chi connectivity index (χ0v) is 16.7. The van der Waals surface area contributed by atoms with Gasteiger partial charge in [-0.1, -0.05) is 48.5 Å². The van der Waals surface area contributed by atoms with E-state index >= 15 is 0 Å². The number of nitrogens with zero attached hydrogens (tertiary/aromatic N) is 1. The average molecular weight is 367 g/mol. The molecule has 1 N–H and O–H groups in total. The first-order chi connectivity index (χ1) is 12.9. The van der Waals surface area contributed by atoms with E-state index in [4.69, 9.17) is 4.74 Å². The maximum Gasteiger partial charge on any atom is 0.225 e. The molecule has 1 aliphatic rings. The third-order valence-corrected chi connectivity index (χ3v) is 5.60. The highest BCUT2D eigenvalue weighted by molar-refractivity contribution is 5.81. The van der Waals surface area contributed by atoms with Crippen molar-refractivity contribution < 1.29 is 9.53 Å². The molecule has 0 aliphatic carbocycles. The number of amides is 1. The van der Waals surface area contributed by atoms with Gasteiger partial charge in [0.05, 0.1) is 18.6 Å². The van der Waals surface area contributed by atoms with Crippen molar-refractivity contribution in [1.82, 2.24) is 10.2 Å². The Morgan fingerprint density at radius 3 is 2.48 bits per heavy atom. The predicted octanol–water partition coefficient (Wildman–Crippen LogP) is 3.78. The fourth-order valence-electron chi connectivity index (χ4n) is 4.11. The Bertz CT molecular complexity index is 773. The maximum absolute atomic E-state index is 13.3. The van der Waals surface area contributed by atoms with Gasteiger partial charge < -0.3 is 15.0 Å². The maximum atomic E-state index is 13.3. The van der Waals surface area contributed by atoms with Crippen LogP contribution in [0.4, 0.5) is 0 Å². The zero-order valence-electron chi connectivity index (χ0n) is 16.7. The molecule has 2 atom stereocenters. The first kappa shape index (κ1) is 19.4. The van der Waals surface area contributed by atoms with Crippen LogP contribution in [0.2, 0.25) is 0 Å². The molecule has 4 nitrogen and oxygen atoms in total. The summed E-state index contributed by atoms with van der Waals surface area (Å²) in [7, 11) is 3.76. The normalized spacial score (nSPS) is 20.9. The van der Waals surface area contributed by atoms with Gasteiger partial charge in [0.15, 0.2) is 0 Å². The first-order valence-electron chi connectivity index (χ1n) is 9.61. The number of ether oxygens (including phenoxy) is 1. The van der Waals surface area contributed by atoms with Crippen LogP contribution in [-0.2, 0) is 10.3 Å². The number of carbonyl (C=O) groups is 1. The van der Waals surface area contributed by atoms with Crippen molar-refractivity contribution in [3.63, 3.8) is 0 Å². The van der Waals surface area contributed by atoms with E-state index in [1.165, 1.54) is 5.56 Å². The molecule has 1 amide bonds. The number of nitrogens with one attached hydrogen (secondary N) is 1. The van der Waals surface area contributed by atoms with Crippen LogP contribution in [0.3, 0.4) is 0 Å². The Balaban J connectivity index is 1.83. The Labute approximate surface area is 162 Å². The molecule has 1 aliphatic heterocycles. The van der Waals surface area contributed by atoms with E-state index < -0.39 is 5.54 Å². The fourth-order valence-corrected chi connectivity index (χ4v) is 4.11. The molecule has 0 radical (unpaired) electrons. The molecular formula is C23H30N2O2. The number of methoxy groups -OCH3 is 1. The standard InChI is InChI=1S/C23H30N2O2/c1-23(2,20-12-8-9-13-21(20)27-4)24-22(26)19-16-25(3)15-14-18(19)17-10-6-5-7-11-17/h5-13,18-19H,14-16H2,1-4H3,(H,24,26)/t18-,19-/m1/s1. The van der Waals surface area contributed by atoms with Crippen LogP contribution < -0.4 is 10.1 Å². The second-order valence-electron chi connectivity index (χ2n) is 7.99. The summed E-state index contributed by atoms with van der Waals surface area (Å²) < 4.78 is 5.51. The summed E-state index contributed by atoms with van der Waals surface area (Å²) in [4.78, 5) is 15.6. The van der Waals surface area contributed by atoms with Gasteiger partial charge in [0.1, 0.15) is 5.75 Å². The average Bonchev–Trinajstić information content (AvgIpc) is 2.68. The summed E-state index contributed by atoms with van der Waals surface area (Å²) in [6.45, 7) is 5.85. The smallest absolute Gasteiger partial charge is 0.225 e. The second kappa shape index (κ2) is 8.13. The minimum atomic E-state index is -0.513. The van der Waals surface area contributed by atoms with Crippen LogP contribution in [0.5, 0.6) is 5.75 Å². The minimum Gasteiger partial charge on any atom is -0.496 e. The van der Waals surface area contributed by atoms with Gasteiger partial charge >= 0.3 is 0 Å². The number of benzene rings is 2. The second-order valence-corrected chi connectivity index (χ2v) is 7.99. The molecule has 4 heteroatoms. The SMILES string of the molecule is COc1ccccc1C(C)(C)NC(=O)[C@@H]1CN(C)CC[C@@H]1c1ccccc1. The molecule has 0 bridgehead atoms. The van der Waals surface area contributed by atoms with E-state index in [2.05, 4.69) is 41.5 Å². The topological polar surface area (TPSA) is 41.6 Å².